The molecule has 0 bridgehead atoms. The van der Waals surface area contributed by atoms with Crippen LogP contribution in [-0.4, -0.2) is 0 Å². The highest BCUT2D eigenvalue weighted by Crippen LogP contribution is 2.13. The molecule has 1 rings (SSSR count). The molecule has 0 aliphatic rings. The molecule has 0 heterocycles. The Labute approximate surface area is 125 Å². The zero-order valence-corrected chi connectivity index (χ0v) is 13.7. The van der Waals surface area contributed by atoms with Crippen molar-refractivity contribution >= 4 is 6.08 Å². The number of hydrogen-bond acceptors (Lipinski definition) is 0. The first-order chi connectivity index (χ1) is 9.67. The van der Waals surface area contributed by atoms with Crippen LogP contribution >= 0.6 is 0 Å². The van der Waals surface area contributed by atoms with Crippen molar-refractivity contribution in [3.8, 4) is 0 Å². The molecular formula is C20H30. The summed E-state index contributed by atoms with van der Waals surface area (Å²) < 4.78 is 0. The molecule has 0 N–H and O–H groups in total. The van der Waals surface area contributed by atoms with Crippen molar-refractivity contribution in [2.75, 3.05) is 0 Å². The molecule has 0 atom stereocenters. The monoisotopic (exact) mass is 270 g/mol. The second kappa shape index (κ2) is 12.5. The van der Waals surface area contributed by atoms with E-state index >= 15 is 0 Å². The molecule has 0 saturated carbocycles. The van der Waals surface area contributed by atoms with Crippen molar-refractivity contribution in [1.29, 1.82) is 0 Å². The molecule has 0 aliphatic carbocycles. The summed E-state index contributed by atoms with van der Waals surface area (Å²) in [5, 5.41) is 0. The molecule has 1 aromatic carbocycles. The fourth-order valence-corrected chi connectivity index (χ4v) is 1.66. The van der Waals surface area contributed by atoms with Crippen molar-refractivity contribution < 1.29 is 0 Å². The third-order valence-electron chi connectivity index (χ3n) is 2.66. The van der Waals surface area contributed by atoms with Crippen LogP contribution in [0.15, 0.2) is 60.2 Å². The molecule has 0 saturated heterocycles. The lowest BCUT2D eigenvalue weighted by Crippen LogP contribution is -1.79. The highest BCUT2D eigenvalue weighted by molar-refractivity contribution is 5.55. The molecule has 110 valence electrons. The molecule has 1 aromatic rings. The van der Waals surface area contributed by atoms with Gasteiger partial charge in [0.15, 0.2) is 0 Å². The van der Waals surface area contributed by atoms with Gasteiger partial charge in [-0.15, -0.1) is 0 Å². The fourth-order valence-electron chi connectivity index (χ4n) is 1.66. The van der Waals surface area contributed by atoms with E-state index in [-0.39, 0.29) is 0 Å². The van der Waals surface area contributed by atoms with Crippen LogP contribution in [-0.2, 0) is 0 Å². The van der Waals surface area contributed by atoms with E-state index in [0.717, 1.165) is 19.3 Å². The Morgan fingerprint density at radius 3 is 2.10 bits per heavy atom. The lowest BCUT2D eigenvalue weighted by Gasteiger charge is -2.00. The third kappa shape index (κ3) is 9.38. The van der Waals surface area contributed by atoms with Crippen molar-refractivity contribution in [3.05, 3.63) is 65.8 Å². The van der Waals surface area contributed by atoms with E-state index < -0.39 is 0 Å². The Morgan fingerprint density at radius 2 is 1.60 bits per heavy atom. The summed E-state index contributed by atoms with van der Waals surface area (Å²) in [5.74, 6) is 0. The summed E-state index contributed by atoms with van der Waals surface area (Å²) >= 11 is 0. The Morgan fingerprint density at radius 1 is 1.00 bits per heavy atom. The standard InChI is InChI=1S/C17H22.C3H8/c1-4-9-15(3)12-13-16(5-2)14-17-10-7-6-8-11-17;1-3-2/h6-8,10-14H,3-5,9H2,1-2H3;3H2,1-2H3/b13-12+,16-14+;. The predicted molar refractivity (Wildman–Crippen MR) is 93.9 cm³/mol. The van der Waals surface area contributed by atoms with Gasteiger partial charge in [0.05, 0.1) is 0 Å². The number of hydrogen-bond donors (Lipinski definition) is 0. The number of allylic oxidation sites excluding steroid dienone is 4. The lowest BCUT2D eigenvalue weighted by atomic mass is 10.1. The number of benzene rings is 1. The summed E-state index contributed by atoms with van der Waals surface area (Å²) in [4.78, 5) is 0. The van der Waals surface area contributed by atoms with Gasteiger partial charge in [0, 0.05) is 0 Å². The average molecular weight is 270 g/mol. The largest absolute Gasteiger partial charge is 0.0958 e. The SMILES string of the molecule is C=C(/C=C/C(=C/c1ccccc1)CC)CCC.CCC. The van der Waals surface area contributed by atoms with Crippen molar-refractivity contribution in [2.24, 2.45) is 0 Å². The van der Waals surface area contributed by atoms with E-state index in [2.05, 4.69) is 76.8 Å². The summed E-state index contributed by atoms with van der Waals surface area (Å²) in [6.45, 7) is 12.7. The highest BCUT2D eigenvalue weighted by Gasteiger charge is 1.91. The minimum atomic E-state index is 1.05. The zero-order valence-electron chi connectivity index (χ0n) is 13.7. The van der Waals surface area contributed by atoms with Crippen LogP contribution in [0.2, 0.25) is 0 Å². The van der Waals surface area contributed by atoms with E-state index in [1.165, 1.54) is 23.1 Å². The second-order valence-corrected chi connectivity index (χ2v) is 4.93. The van der Waals surface area contributed by atoms with Gasteiger partial charge in [-0.1, -0.05) is 101 Å². The van der Waals surface area contributed by atoms with Crippen LogP contribution in [0, 0.1) is 0 Å². The van der Waals surface area contributed by atoms with Crippen LogP contribution < -0.4 is 0 Å². The summed E-state index contributed by atoms with van der Waals surface area (Å²) in [5.41, 5.74) is 3.81. The zero-order chi connectivity index (χ0) is 15.2. The Bertz CT molecular complexity index is 407. The average Bonchev–Trinajstić information content (AvgIpc) is 2.45. The van der Waals surface area contributed by atoms with Crippen LogP contribution in [0.25, 0.3) is 6.08 Å². The maximum Gasteiger partial charge on any atom is -0.0254 e. The minimum Gasteiger partial charge on any atom is -0.0958 e. The van der Waals surface area contributed by atoms with Gasteiger partial charge in [-0.3, -0.25) is 0 Å². The Kier molecular flexibility index (Phi) is 11.5. The van der Waals surface area contributed by atoms with E-state index in [4.69, 9.17) is 0 Å². The highest BCUT2D eigenvalue weighted by atomic mass is 14.0. The molecular weight excluding hydrogens is 240 g/mol. The molecule has 0 amide bonds. The van der Waals surface area contributed by atoms with Crippen molar-refractivity contribution in [3.63, 3.8) is 0 Å². The normalized spacial score (nSPS) is 11.1. The predicted octanol–water partition coefficient (Wildman–Crippen LogP) is 6.81. The molecule has 0 radical (unpaired) electrons. The first kappa shape index (κ1) is 18.4. The van der Waals surface area contributed by atoms with E-state index in [1.54, 1.807) is 0 Å². The molecule has 0 spiro atoms. The van der Waals surface area contributed by atoms with Gasteiger partial charge in [0.2, 0.25) is 0 Å². The second-order valence-electron chi connectivity index (χ2n) is 4.93. The fraction of sp³-hybridized carbons (Fsp3) is 0.400. The molecule has 0 aromatic heterocycles. The van der Waals surface area contributed by atoms with E-state index in [1.807, 2.05) is 6.07 Å². The van der Waals surface area contributed by atoms with Gasteiger partial charge in [-0.05, 0) is 24.0 Å². The molecule has 0 unspecified atom stereocenters. The van der Waals surface area contributed by atoms with Crippen molar-refractivity contribution in [2.45, 2.75) is 53.4 Å². The maximum absolute atomic E-state index is 4.04. The maximum atomic E-state index is 4.04. The van der Waals surface area contributed by atoms with E-state index in [9.17, 15) is 0 Å². The van der Waals surface area contributed by atoms with Gasteiger partial charge in [-0.25, -0.2) is 0 Å². The molecule has 0 nitrogen and oxygen atoms in total. The summed E-state index contributed by atoms with van der Waals surface area (Å²) in [6, 6.07) is 10.4. The van der Waals surface area contributed by atoms with Crippen molar-refractivity contribution in [1.82, 2.24) is 0 Å². The summed E-state index contributed by atoms with van der Waals surface area (Å²) in [7, 11) is 0. The van der Waals surface area contributed by atoms with Crippen LogP contribution in [0.3, 0.4) is 0 Å². The Hall–Kier alpha value is -1.56. The molecule has 0 fully saturated rings. The topological polar surface area (TPSA) is 0 Å². The first-order valence-electron chi connectivity index (χ1n) is 7.79. The van der Waals surface area contributed by atoms with Gasteiger partial charge in [0.25, 0.3) is 0 Å². The lowest BCUT2D eigenvalue weighted by molar-refractivity contribution is 0.929. The smallest absolute Gasteiger partial charge is 0.0254 e. The Balaban J connectivity index is 0.00000110. The van der Waals surface area contributed by atoms with Crippen LogP contribution in [0.5, 0.6) is 0 Å². The van der Waals surface area contributed by atoms with Gasteiger partial charge in [0.1, 0.15) is 0 Å². The first-order valence-corrected chi connectivity index (χ1v) is 7.79. The quantitative estimate of drug-likeness (QED) is 0.498. The van der Waals surface area contributed by atoms with E-state index in [0.29, 0.717) is 0 Å². The van der Waals surface area contributed by atoms with Gasteiger partial charge >= 0.3 is 0 Å². The van der Waals surface area contributed by atoms with Gasteiger partial charge < -0.3 is 0 Å². The third-order valence-corrected chi connectivity index (χ3v) is 2.66. The summed E-state index contributed by atoms with van der Waals surface area (Å²) in [6.07, 6.45) is 11.1. The van der Waals surface area contributed by atoms with Crippen LogP contribution in [0.4, 0.5) is 0 Å². The molecule has 20 heavy (non-hydrogen) atoms. The van der Waals surface area contributed by atoms with Crippen LogP contribution in [0.1, 0.15) is 58.9 Å². The number of rotatable bonds is 6. The molecule has 0 aliphatic heterocycles. The minimum absolute atomic E-state index is 1.05. The van der Waals surface area contributed by atoms with Gasteiger partial charge in [-0.2, -0.15) is 0 Å². The molecule has 0 heteroatoms.